The smallest absolute Gasteiger partial charge is 0.172 e. The first-order chi connectivity index (χ1) is 9.42. The van der Waals surface area contributed by atoms with E-state index >= 15 is 0 Å². The molecule has 0 fully saturated rings. The normalized spacial score (nSPS) is 9.00. The summed E-state index contributed by atoms with van der Waals surface area (Å²) >= 11 is 1.73. The molecule has 2 aromatic carbocycles. The van der Waals surface area contributed by atoms with Crippen molar-refractivity contribution < 1.29 is 52.6 Å². The van der Waals surface area contributed by atoms with Crippen molar-refractivity contribution in [2.45, 2.75) is 32.2 Å². The van der Waals surface area contributed by atoms with Crippen LogP contribution in [0.1, 0.15) is 0 Å². The minimum atomic E-state index is -1.20. The van der Waals surface area contributed by atoms with Gasteiger partial charge in [-0.05, 0) is 0 Å². The van der Waals surface area contributed by atoms with Crippen molar-refractivity contribution in [3.63, 3.8) is 0 Å². The van der Waals surface area contributed by atoms with E-state index in [0.717, 1.165) is 6.61 Å². The van der Waals surface area contributed by atoms with E-state index < -0.39 is 8.32 Å². The van der Waals surface area contributed by atoms with Crippen molar-refractivity contribution in [1.82, 2.24) is 0 Å². The van der Waals surface area contributed by atoms with E-state index in [2.05, 4.69) is 26.2 Å². The van der Waals surface area contributed by atoms with Gasteiger partial charge in [0.1, 0.15) is 0 Å². The second-order valence-corrected chi connectivity index (χ2v) is 18.3. The Kier molecular flexibility index (Phi) is 22.3. The summed E-state index contributed by atoms with van der Waals surface area (Å²) in [5.41, 5.74) is 0.0305. The minimum Gasteiger partial charge on any atom is -1.00 e. The molecule has 0 N–H and O–H groups in total. The van der Waals surface area contributed by atoms with E-state index in [1.807, 2.05) is 60.7 Å². The van der Waals surface area contributed by atoms with Gasteiger partial charge in [0.05, 0.1) is 0 Å². The topological polar surface area (TPSA) is 9.23 Å². The second-order valence-electron chi connectivity index (χ2n) is 5.42. The largest absolute Gasteiger partial charge is 1.00 e. The molecule has 124 valence electrons. The van der Waals surface area contributed by atoms with Crippen LogP contribution in [0.15, 0.2) is 60.7 Å². The molecule has 0 aliphatic carbocycles. The average Bonchev–Trinajstić information content (AvgIpc) is 3.07. The standard InChI is InChI=1S/C6H16OSi2.2C5H5.2ClH.Zr/c1-8-6-5-7-9(2,3)4;2*1-2-4-5-3-1;;;/h5-6H2,1-4H3;2*1-5H;2*1H;/q;2*-1;;;+2/p-2. The molecule has 1 nitrogen and oxygen atoms in total. The van der Waals surface area contributed by atoms with Gasteiger partial charge >= 0.3 is 80.4 Å². The molecule has 0 atom stereocenters. The summed E-state index contributed by atoms with van der Waals surface area (Å²) in [4.78, 5) is 0. The van der Waals surface area contributed by atoms with Crippen molar-refractivity contribution in [2.24, 2.45) is 0 Å². The van der Waals surface area contributed by atoms with Crippen LogP contribution in [-0.2, 0) is 27.8 Å². The van der Waals surface area contributed by atoms with Gasteiger partial charge in [-0.3, -0.25) is 0 Å². The van der Waals surface area contributed by atoms with Crippen LogP contribution < -0.4 is 24.8 Å². The first-order valence-corrected chi connectivity index (χ1v) is 16.2. The number of halogens is 2. The molecule has 0 spiro atoms. The molecule has 0 amide bonds. The van der Waals surface area contributed by atoms with Gasteiger partial charge in [0, 0.05) is 0 Å². The van der Waals surface area contributed by atoms with Gasteiger partial charge < -0.3 is 24.8 Å². The fraction of sp³-hybridized carbons (Fsp3) is 0.375. The zero-order valence-corrected chi connectivity index (χ0v) is 19.8. The summed E-state index contributed by atoms with van der Waals surface area (Å²) in [6.45, 7) is 10.1. The molecule has 2 rings (SSSR count). The number of hydrogen-bond acceptors (Lipinski definition) is 1. The van der Waals surface area contributed by atoms with Crippen molar-refractivity contribution in [3.05, 3.63) is 60.7 Å². The summed E-state index contributed by atoms with van der Waals surface area (Å²) in [5, 5.41) is 0. The van der Waals surface area contributed by atoms with Crippen LogP contribution in [0.4, 0.5) is 0 Å². The van der Waals surface area contributed by atoms with Crippen LogP contribution >= 0.6 is 0 Å². The Morgan fingerprint density at radius 1 is 0.909 bits per heavy atom. The van der Waals surface area contributed by atoms with E-state index in [1.165, 1.54) is 6.04 Å². The molecular formula is C16H26Cl2OSi2Zr-2. The van der Waals surface area contributed by atoms with Gasteiger partial charge in [-0.15, -0.1) is 0 Å². The minimum absolute atomic E-state index is 0. The summed E-state index contributed by atoms with van der Waals surface area (Å²) in [5.74, 6) is 0. The maximum Gasteiger partial charge on any atom is -0.172 e. The number of rotatable bonds is 4. The van der Waals surface area contributed by atoms with E-state index in [0.29, 0.717) is 0 Å². The van der Waals surface area contributed by atoms with Gasteiger partial charge in [-0.2, -0.15) is 36.4 Å². The average molecular weight is 453 g/mol. The van der Waals surface area contributed by atoms with Gasteiger partial charge in [0.25, 0.3) is 0 Å². The third-order valence-corrected chi connectivity index (χ3v) is 5.99. The quantitative estimate of drug-likeness (QED) is 0.420. The monoisotopic (exact) mass is 450 g/mol. The van der Waals surface area contributed by atoms with E-state index in [4.69, 9.17) is 4.43 Å². The Hall–Kier alpha value is 0.557. The van der Waals surface area contributed by atoms with Crippen LogP contribution in [0, 0.1) is 0 Å². The Balaban J connectivity index is -0.000000254. The Morgan fingerprint density at radius 3 is 1.45 bits per heavy atom. The van der Waals surface area contributed by atoms with Gasteiger partial charge in [0.15, 0.2) is 0 Å². The molecule has 6 heteroatoms. The van der Waals surface area contributed by atoms with Crippen LogP contribution in [0.3, 0.4) is 0 Å². The molecule has 0 saturated heterocycles. The van der Waals surface area contributed by atoms with Crippen molar-refractivity contribution in [1.29, 1.82) is 0 Å². The van der Waals surface area contributed by atoms with E-state index in [-0.39, 0.29) is 30.2 Å². The zero-order chi connectivity index (χ0) is 15.3. The zero-order valence-electron chi connectivity index (χ0n) is 13.9. The summed E-state index contributed by atoms with van der Waals surface area (Å²) in [6.07, 6.45) is 0. The first kappa shape index (κ1) is 27.4. The van der Waals surface area contributed by atoms with Crippen LogP contribution in [0.2, 0.25) is 32.2 Å². The number of hydrogen-bond donors (Lipinski definition) is 0. The molecule has 0 aromatic heterocycles. The van der Waals surface area contributed by atoms with Gasteiger partial charge in [-0.25, -0.2) is 24.3 Å². The predicted octanol–water partition coefficient (Wildman–Crippen LogP) is -1.17. The van der Waals surface area contributed by atoms with Crippen LogP contribution in [-0.4, -0.2) is 20.4 Å². The second kappa shape index (κ2) is 17.9. The summed E-state index contributed by atoms with van der Waals surface area (Å²) in [7, 11) is -1.20. The van der Waals surface area contributed by atoms with Crippen LogP contribution in [0.25, 0.3) is 0 Å². The molecule has 0 saturated carbocycles. The Bertz CT molecular complexity index is 351. The maximum absolute atomic E-state index is 5.72. The molecule has 0 radical (unpaired) electrons. The van der Waals surface area contributed by atoms with E-state index in [1.54, 1.807) is 23.3 Å². The molecule has 0 heterocycles. The molecule has 2 aromatic rings. The Labute approximate surface area is 164 Å². The summed E-state index contributed by atoms with van der Waals surface area (Å²) < 4.78 is 5.72. The SMILES string of the molecule is C[Si](=[Zr+2])CCO[Si](C)(C)C.[Cl-].[Cl-].c1cc[cH-]c1.c1cc[cH-]c1. The van der Waals surface area contributed by atoms with Crippen LogP contribution in [0.5, 0.6) is 0 Å². The molecule has 0 aliphatic rings. The van der Waals surface area contributed by atoms with E-state index in [9.17, 15) is 0 Å². The predicted molar refractivity (Wildman–Crippen MR) is 89.8 cm³/mol. The molecule has 0 bridgehead atoms. The maximum atomic E-state index is 5.72. The van der Waals surface area contributed by atoms with Gasteiger partial charge in [0.2, 0.25) is 0 Å². The fourth-order valence-electron chi connectivity index (χ4n) is 1.15. The third kappa shape index (κ3) is 25.5. The van der Waals surface area contributed by atoms with Crippen molar-refractivity contribution in [2.75, 3.05) is 6.61 Å². The molecule has 0 unspecified atom stereocenters. The Morgan fingerprint density at radius 2 is 1.27 bits per heavy atom. The molecule has 0 aliphatic heterocycles. The molecule has 22 heavy (non-hydrogen) atoms. The summed E-state index contributed by atoms with van der Waals surface area (Å²) in [6, 6.07) is 21.3. The third-order valence-electron chi connectivity index (χ3n) is 2.12. The van der Waals surface area contributed by atoms with Crippen molar-refractivity contribution in [3.8, 4) is 0 Å². The fourth-order valence-corrected chi connectivity index (χ4v) is 3.23. The molecular weight excluding hydrogens is 426 g/mol. The van der Waals surface area contributed by atoms with Gasteiger partial charge in [-0.1, -0.05) is 0 Å². The first-order valence-electron chi connectivity index (χ1n) is 6.93. The van der Waals surface area contributed by atoms with Crippen molar-refractivity contribution >= 4 is 13.8 Å².